The largest absolute Gasteiger partial charge is 0.493 e. The average molecular weight is 251 g/mol. The monoisotopic (exact) mass is 251 g/mol. The van der Waals surface area contributed by atoms with Crippen molar-refractivity contribution in [1.29, 1.82) is 0 Å². The van der Waals surface area contributed by atoms with Gasteiger partial charge in [0.25, 0.3) is 0 Å². The second-order valence-corrected chi connectivity index (χ2v) is 4.37. The van der Waals surface area contributed by atoms with E-state index in [4.69, 9.17) is 9.47 Å². The van der Waals surface area contributed by atoms with Crippen molar-refractivity contribution < 1.29 is 9.47 Å². The topological polar surface area (TPSA) is 30.5 Å². The van der Waals surface area contributed by atoms with Gasteiger partial charge in [0.2, 0.25) is 0 Å². The van der Waals surface area contributed by atoms with Crippen LogP contribution < -0.4 is 10.1 Å². The molecule has 0 aliphatic rings. The summed E-state index contributed by atoms with van der Waals surface area (Å²) in [5.41, 5.74) is 2.50. The van der Waals surface area contributed by atoms with E-state index in [9.17, 15) is 0 Å². The Balaban J connectivity index is 2.09. The van der Waals surface area contributed by atoms with Gasteiger partial charge in [-0.1, -0.05) is 19.1 Å². The molecule has 0 saturated carbocycles. The van der Waals surface area contributed by atoms with E-state index < -0.39 is 0 Å². The summed E-state index contributed by atoms with van der Waals surface area (Å²) in [5.74, 6) is 0.989. The maximum atomic E-state index is 5.75. The molecular formula is C15H25NO2. The van der Waals surface area contributed by atoms with Crippen molar-refractivity contribution in [3.05, 3.63) is 29.3 Å². The van der Waals surface area contributed by atoms with E-state index in [1.54, 1.807) is 0 Å². The second-order valence-electron chi connectivity index (χ2n) is 4.37. The molecule has 102 valence electrons. The molecule has 3 nitrogen and oxygen atoms in total. The fourth-order valence-electron chi connectivity index (χ4n) is 1.65. The quantitative estimate of drug-likeness (QED) is 0.685. The lowest BCUT2D eigenvalue weighted by Crippen LogP contribution is -2.19. The lowest BCUT2D eigenvalue weighted by molar-refractivity contribution is 0.121. The highest BCUT2D eigenvalue weighted by molar-refractivity contribution is 5.38. The van der Waals surface area contributed by atoms with Crippen molar-refractivity contribution in [3.8, 4) is 5.75 Å². The van der Waals surface area contributed by atoms with Gasteiger partial charge >= 0.3 is 0 Å². The van der Waals surface area contributed by atoms with Gasteiger partial charge in [-0.05, 0) is 37.6 Å². The number of likely N-dealkylation sites (N-methyl/N-ethyl adjacent to an activating group) is 1. The average Bonchev–Trinajstić information content (AvgIpc) is 2.37. The number of ether oxygens (including phenoxy) is 2. The van der Waals surface area contributed by atoms with Gasteiger partial charge in [-0.2, -0.15) is 0 Å². The summed E-state index contributed by atoms with van der Waals surface area (Å²) < 4.78 is 11.2. The number of benzene rings is 1. The minimum absolute atomic E-state index is 0.714. The smallest absolute Gasteiger partial charge is 0.122 e. The van der Waals surface area contributed by atoms with Crippen LogP contribution in [0.3, 0.4) is 0 Å². The molecule has 1 aromatic rings. The molecule has 0 bridgehead atoms. The first kappa shape index (κ1) is 15.0. The van der Waals surface area contributed by atoms with E-state index in [0.29, 0.717) is 6.61 Å². The molecule has 0 atom stereocenters. The standard InChI is InChI=1S/C15H25NO2/c1-4-16-9-12-17-10-6-11-18-15-8-5-7-13(2)14(15)3/h5,7-8,16H,4,6,9-12H2,1-3H3. The molecule has 0 unspecified atom stereocenters. The molecule has 0 aliphatic carbocycles. The highest BCUT2D eigenvalue weighted by Crippen LogP contribution is 2.20. The van der Waals surface area contributed by atoms with Gasteiger partial charge in [0.1, 0.15) is 5.75 Å². The van der Waals surface area contributed by atoms with Crippen molar-refractivity contribution in [3.63, 3.8) is 0 Å². The predicted octanol–water partition coefficient (Wildman–Crippen LogP) is 2.70. The van der Waals surface area contributed by atoms with Gasteiger partial charge in [0.15, 0.2) is 0 Å². The van der Waals surface area contributed by atoms with Crippen LogP contribution in [0.2, 0.25) is 0 Å². The van der Waals surface area contributed by atoms with E-state index in [2.05, 4.69) is 32.2 Å². The zero-order chi connectivity index (χ0) is 13.2. The SMILES string of the molecule is CCNCCOCCCOc1cccc(C)c1C. The summed E-state index contributed by atoms with van der Waals surface area (Å²) in [6, 6.07) is 6.16. The van der Waals surface area contributed by atoms with Crippen LogP contribution in [-0.2, 0) is 4.74 Å². The Labute approximate surface area is 110 Å². The van der Waals surface area contributed by atoms with E-state index >= 15 is 0 Å². The van der Waals surface area contributed by atoms with Crippen LogP contribution in [0.5, 0.6) is 5.75 Å². The molecule has 0 aliphatic heterocycles. The fraction of sp³-hybridized carbons (Fsp3) is 0.600. The second kappa shape index (κ2) is 8.95. The Morgan fingerprint density at radius 3 is 2.72 bits per heavy atom. The summed E-state index contributed by atoms with van der Waals surface area (Å²) in [4.78, 5) is 0. The van der Waals surface area contributed by atoms with Gasteiger partial charge in [0, 0.05) is 19.6 Å². The third-order valence-corrected chi connectivity index (χ3v) is 2.92. The third-order valence-electron chi connectivity index (χ3n) is 2.92. The Bertz CT molecular complexity index is 339. The lowest BCUT2D eigenvalue weighted by atomic mass is 10.1. The van der Waals surface area contributed by atoms with E-state index in [1.807, 2.05) is 12.1 Å². The number of hydrogen-bond donors (Lipinski definition) is 1. The van der Waals surface area contributed by atoms with Gasteiger partial charge in [0.05, 0.1) is 13.2 Å². The molecule has 1 aromatic carbocycles. The van der Waals surface area contributed by atoms with E-state index in [1.165, 1.54) is 11.1 Å². The summed E-state index contributed by atoms with van der Waals surface area (Å²) in [7, 11) is 0. The van der Waals surface area contributed by atoms with Crippen molar-refractivity contribution in [1.82, 2.24) is 5.32 Å². The zero-order valence-corrected chi connectivity index (χ0v) is 11.8. The van der Waals surface area contributed by atoms with Crippen molar-refractivity contribution in [2.75, 3.05) is 32.9 Å². The molecule has 0 radical (unpaired) electrons. The first-order chi connectivity index (χ1) is 8.75. The zero-order valence-electron chi connectivity index (χ0n) is 11.8. The molecule has 1 N–H and O–H groups in total. The Morgan fingerprint density at radius 1 is 1.11 bits per heavy atom. The Kier molecular flexibility index (Phi) is 7.46. The Morgan fingerprint density at radius 2 is 1.94 bits per heavy atom. The third kappa shape index (κ3) is 5.52. The molecule has 0 fully saturated rings. The first-order valence-electron chi connectivity index (χ1n) is 6.73. The molecule has 0 heterocycles. The fourth-order valence-corrected chi connectivity index (χ4v) is 1.65. The lowest BCUT2D eigenvalue weighted by Gasteiger charge is -2.11. The van der Waals surface area contributed by atoms with Crippen LogP contribution in [0, 0.1) is 13.8 Å². The van der Waals surface area contributed by atoms with Crippen molar-refractivity contribution in [2.45, 2.75) is 27.2 Å². The number of aryl methyl sites for hydroxylation is 1. The summed E-state index contributed by atoms with van der Waals surface area (Å²) >= 11 is 0. The molecule has 0 saturated heterocycles. The van der Waals surface area contributed by atoms with Crippen LogP contribution in [-0.4, -0.2) is 32.9 Å². The molecule has 3 heteroatoms. The summed E-state index contributed by atoms with van der Waals surface area (Å²) in [6.07, 6.45) is 0.930. The predicted molar refractivity (Wildman–Crippen MR) is 75.4 cm³/mol. The highest BCUT2D eigenvalue weighted by Gasteiger charge is 2.00. The maximum absolute atomic E-state index is 5.75. The number of hydrogen-bond acceptors (Lipinski definition) is 3. The molecule has 0 spiro atoms. The summed E-state index contributed by atoms with van der Waals surface area (Å²) in [5, 5.41) is 3.22. The number of nitrogens with one attached hydrogen (secondary N) is 1. The van der Waals surface area contributed by atoms with Crippen LogP contribution >= 0.6 is 0 Å². The van der Waals surface area contributed by atoms with Crippen LogP contribution in [0.15, 0.2) is 18.2 Å². The minimum Gasteiger partial charge on any atom is -0.493 e. The van der Waals surface area contributed by atoms with E-state index in [-0.39, 0.29) is 0 Å². The maximum Gasteiger partial charge on any atom is 0.122 e. The molecule has 0 aromatic heterocycles. The van der Waals surface area contributed by atoms with Crippen molar-refractivity contribution >= 4 is 0 Å². The van der Waals surface area contributed by atoms with Crippen LogP contribution in [0.1, 0.15) is 24.5 Å². The van der Waals surface area contributed by atoms with Crippen LogP contribution in [0.25, 0.3) is 0 Å². The number of rotatable bonds is 9. The molecule has 18 heavy (non-hydrogen) atoms. The molecule has 0 amide bonds. The van der Waals surface area contributed by atoms with Gasteiger partial charge in [-0.25, -0.2) is 0 Å². The normalized spacial score (nSPS) is 10.6. The first-order valence-corrected chi connectivity index (χ1v) is 6.73. The van der Waals surface area contributed by atoms with Gasteiger partial charge in [-0.3, -0.25) is 0 Å². The van der Waals surface area contributed by atoms with E-state index in [0.717, 1.165) is 38.5 Å². The highest BCUT2D eigenvalue weighted by atomic mass is 16.5. The summed E-state index contributed by atoms with van der Waals surface area (Å²) in [6.45, 7) is 10.5. The molecular weight excluding hydrogens is 226 g/mol. The minimum atomic E-state index is 0.714. The van der Waals surface area contributed by atoms with Gasteiger partial charge in [-0.15, -0.1) is 0 Å². The van der Waals surface area contributed by atoms with Gasteiger partial charge < -0.3 is 14.8 Å². The Hall–Kier alpha value is -1.06. The molecule has 1 rings (SSSR count). The van der Waals surface area contributed by atoms with Crippen molar-refractivity contribution in [2.24, 2.45) is 0 Å². The van der Waals surface area contributed by atoms with Crippen LogP contribution in [0.4, 0.5) is 0 Å².